The minimum atomic E-state index is -0.106. The number of carbonyl (C=O) groups excluding carboxylic acids is 2. The zero-order valence-electron chi connectivity index (χ0n) is 15.1. The minimum Gasteiger partial charge on any atom is -0.378 e. The number of H-pyrrole nitrogens is 1. The van der Waals surface area contributed by atoms with E-state index in [1.165, 1.54) is 0 Å². The van der Waals surface area contributed by atoms with Crippen LogP contribution in [-0.2, 0) is 4.74 Å². The first-order chi connectivity index (χ1) is 13.2. The summed E-state index contributed by atoms with van der Waals surface area (Å²) in [7, 11) is 0. The number of pyridine rings is 1. The lowest BCUT2D eigenvalue weighted by Crippen LogP contribution is -2.40. The smallest absolute Gasteiger partial charge is 0.274 e. The molecule has 0 saturated carbocycles. The molecule has 1 atom stereocenters. The van der Waals surface area contributed by atoms with Crippen LogP contribution in [0.25, 0.3) is 0 Å². The largest absolute Gasteiger partial charge is 0.378 e. The number of nitrogens with zero attached hydrogens (tertiary/aromatic N) is 4. The van der Waals surface area contributed by atoms with Gasteiger partial charge in [-0.2, -0.15) is 5.10 Å². The lowest BCUT2D eigenvalue weighted by molar-refractivity contribution is 0.0299. The van der Waals surface area contributed by atoms with Crippen molar-refractivity contribution in [2.75, 3.05) is 32.8 Å². The molecule has 4 rings (SSSR count). The molecule has 0 aliphatic carbocycles. The molecule has 0 unspecified atom stereocenters. The number of carbonyl (C=O) groups is 2. The summed E-state index contributed by atoms with van der Waals surface area (Å²) < 4.78 is 5.30. The fourth-order valence-corrected chi connectivity index (χ4v) is 3.70. The van der Waals surface area contributed by atoms with Crippen LogP contribution in [0.4, 0.5) is 0 Å². The van der Waals surface area contributed by atoms with Crippen LogP contribution in [0.5, 0.6) is 0 Å². The monoisotopic (exact) mass is 369 g/mol. The number of hydrogen-bond donors (Lipinski definition) is 1. The van der Waals surface area contributed by atoms with E-state index in [-0.39, 0.29) is 17.9 Å². The van der Waals surface area contributed by atoms with Crippen molar-refractivity contribution in [3.05, 3.63) is 47.5 Å². The summed E-state index contributed by atoms with van der Waals surface area (Å²) in [6.45, 7) is 2.95. The number of aromatic nitrogens is 3. The highest BCUT2D eigenvalue weighted by Gasteiger charge is 2.31. The molecular weight excluding hydrogens is 346 g/mol. The Labute approximate surface area is 157 Å². The molecule has 8 heteroatoms. The van der Waals surface area contributed by atoms with E-state index in [4.69, 9.17) is 4.74 Å². The van der Waals surface area contributed by atoms with Crippen LogP contribution in [0, 0.1) is 0 Å². The van der Waals surface area contributed by atoms with Crippen molar-refractivity contribution in [1.29, 1.82) is 0 Å². The van der Waals surface area contributed by atoms with Crippen molar-refractivity contribution in [2.45, 2.75) is 25.3 Å². The fraction of sp³-hybridized carbons (Fsp3) is 0.474. The summed E-state index contributed by atoms with van der Waals surface area (Å²) in [6, 6.07) is 5.23. The number of ether oxygens (including phenoxy) is 1. The van der Waals surface area contributed by atoms with Crippen LogP contribution in [0.3, 0.4) is 0 Å². The lowest BCUT2D eigenvalue weighted by atomic mass is 9.98. The molecule has 0 spiro atoms. The lowest BCUT2D eigenvalue weighted by Gasteiger charge is -2.35. The predicted octanol–water partition coefficient (Wildman–Crippen LogP) is 1.64. The first-order valence-electron chi connectivity index (χ1n) is 9.37. The van der Waals surface area contributed by atoms with Gasteiger partial charge in [-0.3, -0.25) is 19.7 Å². The summed E-state index contributed by atoms with van der Waals surface area (Å²) in [5.74, 6) is -0.134. The normalized spacial score (nSPS) is 20.5. The number of hydrogen-bond acceptors (Lipinski definition) is 5. The van der Waals surface area contributed by atoms with Gasteiger partial charge in [0.2, 0.25) is 0 Å². The topological polar surface area (TPSA) is 91.4 Å². The third-order valence-electron chi connectivity index (χ3n) is 5.15. The van der Waals surface area contributed by atoms with Gasteiger partial charge in [-0.05, 0) is 37.5 Å². The Morgan fingerprint density at radius 1 is 1.15 bits per heavy atom. The maximum atomic E-state index is 12.9. The zero-order valence-corrected chi connectivity index (χ0v) is 15.1. The standard InChI is InChI=1S/C19H23N5O3/c25-18(14-4-3-6-20-13-14)24-7-2-1-5-17(24)15-12-16(22-21-15)19(26)23-8-10-27-11-9-23/h3-4,6,12-13,17H,1-2,5,7-11H2,(H,21,22)/t17-/m0/s1. The fourth-order valence-electron chi connectivity index (χ4n) is 3.70. The second kappa shape index (κ2) is 7.87. The maximum Gasteiger partial charge on any atom is 0.274 e. The quantitative estimate of drug-likeness (QED) is 0.888. The van der Waals surface area contributed by atoms with E-state index >= 15 is 0 Å². The van der Waals surface area contributed by atoms with E-state index in [0.29, 0.717) is 44.1 Å². The molecule has 4 heterocycles. The number of morpholine rings is 1. The first-order valence-corrected chi connectivity index (χ1v) is 9.37. The Morgan fingerprint density at radius 3 is 2.78 bits per heavy atom. The van der Waals surface area contributed by atoms with Crippen molar-refractivity contribution in [3.63, 3.8) is 0 Å². The summed E-state index contributed by atoms with van der Waals surface area (Å²) in [4.78, 5) is 33.2. The molecule has 8 nitrogen and oxygen atoms in total. The molecule has 2 saturated heterocycles. The SMILES string of the molecule is O=C(c1cc([C@@H]2CCCCN2C(=O)c2cccnc2)[nH]n1)N1CCOCC1. The molecule has 1 N–H and O–H groups in total. The number of nitrogens with one attached hydrogen (secondary N) is 1. The second-order valence-corrected chi connectivity index (χ2v) is 6.86. The number of aromatic amines is 1. The van der Waals surface area contributed by atoms with Gasteiger partial charge in [-0.1, -0.05) is 0 Å². The number of likely N-dealkylation sites (tertiary alicyclic amines) is 1. The van der Waals surface area contributed by atoms with Gasteiger partial charge >= 0.3 is 0 Å². The zero-order chi connectivity index (χ0) is 18.6. The summed E-state index contributed by atoms with van der Waals surface area (Å²) in [5, 5.41) is 7.22. The minimum absolute atomic E-state index is 0.0385. The molecule has 27 heavy (non-hydrogen) atoms. The van der Waals surface area contributed by atoms with E-state index in [0.717, 1.165) is 25.0 Å². The van der Waals surface area contributed by atoms with Crippen molar-refractivity contribution in [1.82, 2.24) is 25.0 Å². The molecule has 2 amide bonds. The highest BCUT2D eigenvalue weighted by Crippen LogP contribution is 2.31. The second-order valence-electron chi connectivity index (χ2n) is 6.86. The van der Waals surface area contributed by atoms with Gasteiger partial charge in [0.15, 0.2) is 0 Å². The summed E-state index contributed by atoms with van der Waals surface area (Å²) in [5.41, 5.74) is 1.78. The van der Waals surface area contributed by atoms with Crippen molar-refractivity contribution in [3.8, 4) is 0 Å². The van der Waals surface area contributed by atoms with E-state index in [1.54, 1.807) is 35.5 Å². The van der Waals surface area contributed by atoms with Crippen molar-refractivity contribution >= 4 is 11.8 Å². The van der Waals surface area contributed by atoms with Gasteiger partial charge in [0.1, 0.15) is 5.69 Å². The Kier molecular flexibility index (Phi) is 5.15. The average Bonchev–Trinajstić information content (AvgIpc) is 3.24. The highest BCUT2D eigenvalue weighted by molar-refractivity contribution is 5.94. The van der Waals surface area contributed by atoms with E-state index in [2.05, 4.69) is 15.2 Å². The van der Waals surface area contributed by atoms with E-state index in [1.807, 2.05) is 4.90 Å². The Bertz CT molecular complexity index is 801. The summed E-state index contributed by atoms with van der Waals surface area (Å²) >= 11 is 0. The van der Waals surface area contributed by atoms with Gasteiger partial charge in [0.25, 0.3) is 11.8 Å². The Hall–Kier alpha value is -2.74. The molecule has 2 aliphatic rings. The molecular formula is C19H23N5O3. The van der Waals surface area contributed by atoms with Crippen LogP contribution < -0.4 is 0 Å². The number of rotatable bonds is 3. The maximum absolute atomic E-state index is 12.9. The van der Waals surface area contributed by atoms with Gasteiger partial charge in [0, 0.05) is 32.0 Å². The van der Waals surface area contributed by atoms with Gasteiger partial charge in [-0.15, -0.1) is 0 Å². The Morgan fingerprint density at radius 2 is 2.00 bits per heavy atom. The molecule has 0 bridgehead atoms. The molecule has 0 radical (unpaired) electrons. The van der Waals surface area contributed by atoms with Crippen molar-refractivity contribution in [2.24, 2.45) is 0 Å². The molecule has 2 aliphatic heterocycles. The van der Waals surface area contributed by atoms with Crippen LogP contribution in [0.15, 0.2) is 30.6 Å². The van der Waals surface area contributed by atoms with E-state index in [9.17, 15) is 9.59 Å². The van der Waals surface area contributed by atoms with Gasteiger partial charge < -0.3 is 14.5 Å². The van der Waals surface area contributed by atoms with Crippen LogP contribution in [0.2, 0.25) is 0 Å². The third-order valence-corrected chi connectivity index (χ3v) is 5.15. The van der Waals surface area contributed by atoms with Gasteiger partial charge in [-0.25, -0.2) is 0 Å². The number of amides is 2. The van der Waals surface area contributed by atoms with E-state index < -0.39 is 0 Å². The third kappa shape index (κ3) is 3.71. The number of piperidine rings is 1. The van der Waals surface area contributed by atoms with Crippen LogP contribution >= 0.6 is 0 Å². The average molecular weight is 369 g/mol. The van der Waals surface area contributed by atoms with Crippen LogP contribution in [-0.4, -0.2) is 69.6 Å². The molecule has 142 valence electrons. The molecule has 2 fully saturated rings. The predicted molar refractivity (Wildman–Crippen MR) is 97.2 cm³/mol. The van der Waals surface area contributed by atoms with Crippen molar-refractivity contribution < 1.29 is 14.3 Å². The first kappa shape index (κ1) is 17.7. The molecule has 2 aromatic heterocycles. The summed E-state index contributed by atoms with van der Waals surface area (Å²) in [6.07, 6.45) is 6.10. The Balaban J connectivity index is 1.53. The van der Waals surface area contributed by atoms with Gasteiger partial charge in [0.05, 0.1) is 30.5 Å². The molecule has 2 aromatic rings. The molecule has 0 aromatic carbocycles. The van der Waals surface area contributed by atoms with Crippen LogP contribution in [0.1, 0.15) is 51.8 Å². The highest BCUT2D eigenvalue weighted by atomic mass is 16.5.